The van der Waals surface area contributed by atoms with Crippen LogP contribution >= 0.6 is 7.60 Å². The third-order valence-electron chi connectivity index (χ3n) is 1.04. The van der Waals surface area contributed by atoms with E-state index in [1.165, 1.54) is 0 Å². The van der Waals surface area contributed by atoms with Crippen LogP contribution < -0.4 is 9.79 Å². The SMILES string of the molecule is CCCCCP(=O)([O-])[O-].[Cu+2]. The molecule has 0 fully saturated rings. The molecule has 5 heteroatoms. The van der Waals surface area contributed by atoms with Gasteiger partial charge in [0, 0.05) is 0 Å². The molecule has 1 radical (unpaired) electrons. The van der Waals surface area contributed by atoms with Gasteiger partial charge in [-0.15, -0.1) is 0 Å². The minimum Gasteiger partial charge on any atom is -0.811 e. The van der Waals surface area contributed by atoms with Crippen LogP contribution in [0.1, 0.15) is 26.2 Å². The summed E-state index contributed by atoms with van der Waals surface area (Å²) in [6, 6.07) is 0. The number of rotatable bonds is 4. The largest absolute Gasteiger partial charge is 2.00 e. The Labute approximate surface area is 71.8 Å². The summed E-state index contributed by atoms with van der Waals surface area (Å²) in [6.07, 6.45) is 2.11. The smallest absolute Gasteiger partial charge is 0.811 e. The van der Waals surface area contributed by atoms with Gasteiger partial charge in [0.1, 0.15) is 0 Å². The van der Waals surface area contributed by atoms with E-state index in [1.54, 1.807) is 0 Å². The van der Waals surface area contributed by atoms with Crippen molar-refractivity contribution in [2.45, 2.75) is 26.2 Å². The Morgan fingerprint density at radius 3 is 2.10 bits per heavy atom. The molecule has 0 heterocycles. The molecule has 0 bridgehead atoms. The predicted octanol–water partition coefficient (Wildman–Crippen LogP) is 0.0878. The molecule has 0 aromatic carbocycles. The molecule has 0 atom stereocenters. The minimum absolute atomic E-state index is 0. The van der Waals surface area contributed by atoms with Crippen molar-refractivity contribution in [1.29, 1.82) is 0 Å². The summed E-state index contributed by atoms with van der Waals surface area (Å²) >= 11 is 0. The molecule has 0 aliphatic rings. The van der Waals surface area contributed by atoms with Crippen LogP contribution in [0.4, 0.5) is 0 Å². The van der Waals surface area contributed by atoms with Gasteiger partial charge in [-0.3, -0.25) is 0 Å². The van der Waals surface area contributed by atoms with E-state index in [4.69, 9.17) is 0 Å². The third-order valence-corrected chi connectivity index (χ3v) is 1.90. The Balaban J connectivity index is 0. The van der Waals surface area contributed by atoms with Crippen LogP contribution in [0.15, 0.2) is 0 Å². The van der Waals surface area contributed by atoms with Crippen LogP contribution in [0.3, 0.4) is 0 Å². The fourth-order valence-electron chi connectivity index (χ4n) is 0.555. The summed E-state index contributed by atoms with van der Waals surface area (Å²) in [5.41, 5.74) is 0. The fraction of sp³-hybridized carbons (Fsp3) is 1.00. The predicted molar refractivity (Wildman–Crippen MR) is 32.0 cm³/mol. The second-order valence-electron chi connectivity index (χ2n) is 2.04. The topological polar surface area (TPSA) is 63.2 Å². The summed E-state index contributed by atoms with van der Waals surface area (Å²) in [5.74, 6) is 0. The molecule has 0 spiro atoms. The molecule has 0 saturated heterocycles. The Morgan fingerprint density at radius 1 is 1.30 bits per heavy atom. The molecular formula is C5H11CuO3P. The molecule has 0 aromatic heterocycles. The van der Waals surface area contributed by atoms with Gasteiger partial charge in [-0.05, 0) is 12.6 Å². The minimum atomic E-state index is -4.20. The van der Waals surface area contributed by atoms with Crippen LogP contribution in [0.25, 0.3) is 0 Å². The Kier molecular flexibility index (Phi) is 8.47. The molecule has 0 rings (SSSR count). The maximum atomic E-state index is 9.98. The summed E-state index contributed by atoms with van der Waals surface area (Å²) in [6.45, 7) is 1.96. The summed E-state index contributed by atoms with van der Waals surface area (Å²) in [4.78, 5) is 20.0. The van der Waals surface area contributed by atoms with Crippen LogP contribution in [0.5, 0.6) is 0 Å². The Morgan fingerprint density at radius 2 is 1.80 bits per heavy atom. The van der Waals surface area contributed by atoms with E-state index in [2.05, 4.69) is 0 Å². The van der Waals surface area contributed by atoms with Crippen LogP contribution in [0.2, 0.25) is 0 Å². The molecule has 0 unspecified atom stereocenters. The van der Waals surface area contributed by atoms with E-state index in [0.29, 0.717) is 6.42 Å². The van der Waals surface area contributed by atoms with Gasteiger partial charge in [0.05, 0.1) is 0 Å². The van der Waals surface area contributed by atoms with Gasteiger partial charge in [-0.25, -0.2) is 0 Å². The van der Waals surface area contributed by atoms with Gasteiger partial charge >= 0.3 is 17.1 Å². The second-order valence-corrected chi connectivity index (χ2v) is 3.71. The first-order valence-electron chi connectivity index (χ1n) is 3.07. The number of hydrogen-bond acceptors (Lipinski definition) is 3. The average Bonchev–Trinajstić information content (AvgIpc) is 1.63. The van der Waals surface area contributed by atoms with Gasteiger partial charge in [-0.1, -0.05) is 27.4 Å². The van der Waals surface area contributed by atoms with Crippen molar-refractivity contribution in [3.8, 4) is 0 Å². The zero-order valence-corrected chi connectivity index (χ0v) is 7.64. The van der Waals surface area contributed by atoms with Gasteiger partial charge in [0.15, 0.2) is 0 Å². The van der Waals surface area contributed by atoms with E-state index in [0.717, 1.165) is 12.8 Å². The van der Waals surface area contributed by atoms with Crippen LogP contribution in [-0.4, -0.2) is 6.16 Å². The molecule has 3 nitrogen and oxygen atoms in total. The summed E-state index contributed by atoms with van der Waals surface area (Å²) in [5, 5.41) is 0. The van der Waals surface area contributed by atoms with Gasteiger partial charge in [0.2, 0.25) is 0 Å². The molecule has 0 saturated carbocycles. The van der Waals surface area contributed by atoms with Crippen molar-refractivity contribution in [2.75, 3.05) is 6.16 Å². The molecule has 0 aromatic rings. The molecule has 10 heavy (non-hydrogen) atoms. The molecule has 0 amide bonds. The average molecular weight is 214 g/mol. The molecule has 65 valence electrons. The van der Waals surface area contributed by atoms with E-state index >= 15 is 0 Å². The van der Waals surface area contributed by atoms with E-state index in [1.807, 2.05) is 6.92 Å². The molecule has 0 aliphatic carbocycles. The molecule has 0 aliphatic heterocycles. The third kappa shape index (κ3) is 11.5. The van der Waals surface area contributed by atoms with Gasteiger partial charge in [0.25, 0.3) is 0 Å². The zero-order chi connectivity index (χ0) is 7.33. The molecule has 0 N–H and O–H groups in total. The first kappa shape index (κ1) is 13.3. The quantitative estimate of drug-likeness (QED) is 0.378. The first-order valence-corrected chi connectivity index (χ1v) is 4.80. The second kappa shape index (κ2) is 6.38. The Hall–Kier alpha value is 0.669. The standard InChI is InChI=1S/C5H13O3P.Cu/c1-2-3-4-5-9(6,7)8;/h2-5H2,1H3,(H2,6,7,8);/q;+2/p-2. The monoisotopic (exact) mass is 213 g/mol. The first-order chi connectivity index (χ1) is 4.06. The van der Waals surface area contributed by atoms with Crippen molar-refractivity contribution in [3.05, 3.63) is 0 Å². The van der Waals surface area contributed by atoms with Crippen molar-refractivity contribution in [1.82, 2.24) is 0 Å². The fourth-order valence-corrected chi connectivity index (χ4v) is 1.17. The van der Waals surface area contributed by atoms with Crippen molar-refractivity contribution >= 4 is 7.60 Å². The van der Waals surface area contributed by atoms with E-state index < -0.39 is 7.60 Å². The summed E-state index contributed by atoms with van der Waals surface area (Å²) < 4.78 is 9.98. The van der Waals surface area contributed by atoms with Gasteiger partial charge < -0.3 is 14.4 Å². The van der Waals surface area contributed by atoms with E-state index in [9.17, 15) is 14.4 Å². The summed E-state index contributed by atoms with van der Waals surface area (Å²) in [7, 11) is -4.20. The Bertz CT molecular complexity index is 111. The maximum Gasteiger partial charge on any atom is 2.00 e. The zero-order valence-electron chi connectivity index (χ0n) is 5.80. The van der Waals surface area contributed by atoms with E-state index in [-0.39, 0.29) is 23.2 Å². The molecular weight excluding hydrogens is 203 g/mol. The van der Waals surface area contributed by atoms with Crippen LogP contribution in [0, 0.1) is 0 Å². The van der Waals surface area contributed by atoms with Gasteiger partial charge in [-0.2, -0.15) is 0 Å². The van der Waals surface area contributed by atoms with Crippen molar-refractivity contribution < 1.29 is 31.4 Å². The number of unbranched alkanes of at least 4 members (excludes halogenated alkanes) is 2. The van der Waals surface area contributed by atoms with Crippen LogP contribution in [-0.2, 0) is 21.6 Å². The number of hydrogen-bond donors (Lipinski definition) is 0. The maximum absolute atomic E-state index is 9.98. The van der Waals surface area contributed by atoms with Crippen molar-refractivity contribution in [2.24, 2.45) is 0 Å². The normalized spacial score (nSPS) is 10.7. The van der Waals surface area contributed by atoms with Crippen molar-refractivity contribution in [3.63, 3.8) is 0 Å².